The van der Waals surface area contributed by atoms with E-state index < -0.39 is 6.10 Å². The van der Waals surface area contributed by atoms with Crippen LogP contribution in [0.4, 0.5) is 0 Å². The first-order chi connectivity index (χ1) is 6.24. The molecule has 0 fully saturated rings. The van der Waals surface area contributed by atoms with Crippen molar-refractivity contribution in [3.8, 4) is 0 Å². The molecule has 1 unspecified atom stereocenters. The number of aliphatic hydroxyl groups is 1. The van der Waals surface area contributed by atoms with Crippen LogP contribution < -0.4 is 5.56 Å². The van der Waals surface area contributed by atoms with Crippen LogP contribution in [-0.2, 0) is 6.54 Å². The Morgan fingerprint density at radius 2 is 2.46 bits per heavy atom. The Morgan fingerprint density at radius 1 is 1.69 bits per heavy atom. The number of rotatable bonds is 4. The van der Waals surface area contributed by atoms with Crippen LogP contribution in [0.2, 0.25) is 0 Å². The van der Waals surface area contributed by atoms with E-state index in [9.17, 15) is 9.90 Å². The van der Waals surface area contributed by atoms with Gasteiger partial charge in [-0.15, -0.1) is 0 Å². The molecule has 4 heteroatoms. The van der Waals surface area contributed by atoms with Gasteiger partial charge in [-0.25, -0.2) is 4.68 Å². The summed E-state index contributed by atoms with van der Waals surface area (Å²) in [4.78, 5) is 11.1. The fourth-order valence-corrected chi connectivity index (χ4v) is 1.15. The summed E-state index contributed by atoms with van der Waals surface area (Å²) in [6.45, 7) is 2.28. The summed E-state index contributed by atoms with van der Waals surface area (Å²) >= 11 is 0. The van der Waals surface area contributed by atoms with Gasteiger partial charge in [-0.05, 0) is 12.5 Å². The first-order valence-corrected chi connectivity index (χ1v) is 4.44. The highest BCUT2D eigenvalue weighted by atomic mass is 16.3. The Hall–Kier alpha value is -1.16. The summed E-state index contributed by atoms with van der Waals surface area (Å²) in [7, 11) is 0. The molecule has 0 saturated heterocycles. The van der Waals surface area contributed by atoms with Crippen molar-refractivity contribution in [1.29, 1.82) is 0 Å². The van der Waals surface area contributed by atoms with Crippen LogP contribution in [0.15, 0.2) is 23.1 Å². The topological polar surface area (TPSA) is 55.1 Å². The summed E-state index contributed by atoms with van der Waals surface area (Å²) in [6, 6.07) is 3.02. The molecule has 13 heavy (non-hydrogen) atoms. The van der Waals surface area contributed by atoms with Crippen LogP contribution in [0.1, 0.15) is 19.8 Å². The molecule has 0 aliphatic rings. The van der Waals surface area contributed by atoms with E-state index in [1.807, 2.05) is 6.92 Å². The Bertz CT molecular complexity index is 308. The summed E-state index contributed by atoms with van der Waals surface area (Å²) < 4.78 is 1.28. The van der Waals surface area contributed by atoms with Gasteiger partial charge in [0.25, 0.3) is 5.56 Å². The second-order valence-electron chi connectivity index (χ2n) is 2.99. The molecule has 1 aromatic heterocycles. The summed E-state index contributed by atoms with van der Waals surface area (Å²) in [5.41, 5.74) is -0.169. The average Bonchev–Trinajstić information content (AvgIpc) is 2.09. The number of hydrogen-bond donors (Lipinski definition) is 1. The SMILES string of the molecule is CCCC(O)Cn1ncccc1=O. The largest absolute Gasteiger partial charge is 0.391 e. The fraction of sp³-hybridized carbons (Fsp3) is 0.556. The quantitative estimate of drug-likeness (QED) is 0.733. The number of hydrogen-bond acceptors (Lipinski definition) is 3. The number of aromatic nitrogens is 2. The molecule has 72 valence electrons. The minimum Gasteiger partial charge on any atom is -0.391 e. The molecule has 1 N–H and O–H groups in total. The van der Waals surface area contributed by atoms with E-state index in [0.29, 0.717) is 6.42 Å². The third kappa shape index (κ3) is 2.99. The maximum atomic E-state index is 11.1. The zero-order valence-corrected chi connectivity index (χ0v) is 7.68. The van der Waals surface area contributed by atoms with E-state index >= 15 is 0 Å². The zero-order chi connectivity index (χ0) is 9.68. The van der Waals surface area contributed by atoms with Crippen molar-refractivity contribution in [3.63, 3.8) is 0 Å². The van der Waals surface area contributed by atoms with Gasteiger partial charge in [-0.1, -0.05) is 13.3 Å². The van der Waals surface area contributed by atoms with Crippen molar-refractivity contribution in [2.24, 2.45) is 0 Å². The zero-order valence-electron chi connectivity index (χ0n) is 7.68. The Balaban J connectivity index is 2.63. The monoisotopic (exact) mass is 182 g/mol. The van der Waals surface area contributed by atoms with E-state index in [-0.39, 0.29) is 12.1 Å². The van der Waals surface area contributed by atoms with Gasteiger partial charge in [0.05, 0.1) is 12.6 Å². The van der Waals surface area contributed by atoms with Crippen LogP contribution >= 0.6 is 0 Å². The molecule has 0 aliphatic heterocycles. The second kappa shape index (κ2) is 4.77. The Morgan fingerprint density at radius 3 is 3.08 bits per heavy atom. The first kappa shape index (κ1) is 9.92. The predicted octanol–water partition coefficient (Wildman–Crippen LogP) is 0.404. The standard InChI is InChI=1S/C9H14N2O2/c1-2-4-8(12)7-11-9(13)5-3-6-10-11/h3,5-6,8,12H,2,4,7H2,1H3. The molecule has 0 radical (unpaired) electrons. The highest BCUT2D eigenvalue weighted by Crippen LogP contribution is 1.96. The van der Waals surface area contributed by atoms with E-state index in [1.54, 1.807) is 12.3 Å². The van der Waals surface area contributed by atoms with Gasteiger partial charge in [-0.2, -0.15) is 5.10 Å². The van der Waals surface area contributed by atoms with Crippen molar-refractivity contribution in [3.05, 3.63) is 28.7 Å². The lowest BCUT2D eigenvalue weighted by atomic mass is 10.2. The van der Waals surface area contributed by atoms with Crippen molar-refractivity contribution in [1.82, 2.24) is 9.78 Å². The van der Waals surface area contributed by atoms with Gasteiger partial charge in [0.15, 0.2) is 0 Å². The molecule has 0 amide bonds. The van der Waals surface area contributed by atoms with Gasteiger partial charge < -0.3 is 5.11 Å². The molecule has 1 aromatic rings. The third-order valence-electron chi connectivity index (χ3n) is 1.79. The van der Waals surface area contributed by atoms with E-state index in [2.05, 4.69) is 5.10 Å². The molecule has 1 atom stereocenters. The number of aliphatic hydroxyl groups excluding tert-OH is 1. The molecular weight excluding hydrogens is 168 g/mol. The lowest BCUT2D eigenvalue weighted by Crippen LogP contribution is -2.27. The van der Waals surface area contributed by atoms with Gasteiger partial charge >= 0.3 is 0 Å². The summed E-state index contributed by atoms with van der Waals surface area (Å²) in [6.07, 6.45) is 2.67. The Kier molecular flexibility index (Phi) is 3.64. The van der Waals surface area contributed by atoms with Crippen molar-refractivity contribution >= 4 is 0 Å². The van der Waals surface area contributed by atoms with E-state index in [1.165, 1.54) is 10.7 Å². The molecule has 0 aliphatic carbocycles. The van der Waals surface area contributed by atoms with Crippen molar-refractivity contribution in [2.75, 3.05) is 0 Å². The van der Waals surface area contributed by atoms with Gasteiger partial charge in [0, 0.05) is 12.3 Å². The molecule has 0 aromatic carbocycles. The van der Waals surface area contributed by atoms with Gasteiger partial charge in [0.1, 0.15) is 0 Å². The lowest BCUT2D eigenvalue weighted by molar-refractivity contribution is 0.137. The van der Waals surface area contributed by atoms with Crippen LogP contribution in [0.3, 0.4) is 0 Å². The van der Waals surface area contributed by atoms with Crippen molar-refractivity contribution < 1.29 is 5.11 Å². The Labute approximate surface area is 76.8 Å². The molecule has 4 nitrogen and oxygen atoms in total. The minimum atomic E-state index is -0.474. The average molecular weight is 182 g/mol. The van der Waals surface area contributed by atoms with Crippen LogP contribution in [0.25, 0.3) is 0 Å². The molecule has 1 heterocycles. The normalized spacial score (nSPS) is 12.8. The molecule has 0 saturated carbocycles. The maximum Gasteiger partial charge on any atom is 0.266 e. The highest BCUT2D eigenvalue weighted by Gasteiger charge is 2.04. The van der Waals surface area contributed by atoms with E-state index in [0.717, 1.165) is 6.42 Å². The lowest BCUT2D eigenvalue weighted by Gasteiger charge is -2.09. The molecule has 0 spiro atoms. The van der Waals surface area contributed by atoms with Gasteiger partial charge in [-0.3, -0.25) is 4.79 Å². The molecule has 0 bridgehead atoms. The van der Waals surface area contributed by atoms with Crippen LogP contribution in [-0.4, -0.2) is 21.0 Å². The maximum absolute atomic E-state index is 11.1. The smallest absolute Gasteiger partial charge is 0.266 e. The second-order valence-corrected chi connectivity index (χ2v) is 2.99. The van der Waals surface area contributed by atoms with Crippen molar-refractivity contribution in [2.45, 2.75) is 32.4 Å². The highest BCUT2D eigenvalue weighted by molar-refractivity contribution is 4.84. The minimum absolute atomic E-state index is 0.169. The predicted molar refractivity (Wildman–Crippen MR) is 49.4 cm³/mol. The third-order valence-corrected chi connectivity index (χ3v) is 1.79. The molecule has 1 rings (SSSR count). The first-order valence-electron chi connectivity index (χ1n) is 4.44. The fourth-order valence-electron chi connectivity index (χ4n) is 1.15. The van der Waals surface area contributed by atoms with E-state index in [4.69, 9.17) is 0 Å². The number of nitrogens with zero attached hydrogens (tertiary/aromatic N) is 2. The van der Waals surface area contributed by atoms with Crippen LogP contribution in [0, 0.1) is 0 Å². The van der Waals surface area contributed by atoms with Gasteiger partial charge in [0.2, 0.25) is 0 Å². The summed E-state index contributed by atoms with van der Waals surface area (Å²) in [5.74, 6) is 0. The van der Waals surface area contributed by atoms with Crippen LogP contribution in [0.5, 0.6) is 0 Å². The molecular formula is C9H14N2O2. The summed E-state index contributed by atoms with van der Waals surface area (Å²) in [5, 5.41) is 13.3.